The lowest BCUT2D eigenvalue weighted by Gasteiger charge is -2.37. The molecule has 0 aromatic heterocycles. The predicted molar refractivity (Wildman–Crippen MR) is 471 cm³/mol. The van der Waals surface area contributed by atoms with Crippen LogP contribution in [-0.4, -0.2) is 0 Å². The van der Waals surface area contributed by atoms with Crippen molar-refractivity contribution in [3.05, 3.63) is 258 Å². The summed E-state index contributed by atoms with van der Waals surface area (Å²) in [5, 5.41) is 0. The Hall–Kier alpha value is -8.44. The Morgan fingerprint density at radius 1 is 0.205 bits per heavy atom. The Morgan fingerprint density at radius 2 is 0.409 bits per heavy atom. The molecule has 0 bridgehead atoms. The lowest BCUT2D eigenvalue weighted by molar-refractivity contribution is -0.190. The molecule has 16 rings (SSSR count). The molecule has 720 valence electrons. The van der Waals surface area contributed by atoms with Crippen molar-refractivity contribution in [2.45, 2.75) is 309 Å². The Labute approximate surface area is 763 Å². The highest BCUT2D eigenvalue weighted by Crippen LogP contribution is 2.52. The van der Waals surface area contributed by atoms with Crippen molar-refractivity contribution < 1.29 is 107 Å². The second-order valence-electron chi connectivity index (χ2n) is 40.0. The summed E-state index contributed by atoms with van der Waals surface area (Å²) in [7, 11) is 0. The highest BCUT2D eigenvalue weighted by Gasteiger charge is 2.47. The zero-order chi connectivity index (χ0) is 95.0. The van der Waals surface area contributed by atoms with Gasteiger partial charge in [0.2, 0.25) is 0 Å². The summed E-state index contributed by atoms with van der Waals surface area (Å²) in [5.74, 6) is -6.33. The van der Waals surface area contributed by atoms with Crippen LogP contribution in [0.5, 0.6) is 23.0 Å². The number of hydrogen-bond donors (Lipinski definition) is 0. The number of alkyl halides is 8. The van der Waals surface area contributed by atoms with Crippen molar-refractivity contribution in [2.24, 2.45) is 71.0 Å². The van der Waals surface area contributed by atoms with E-state index in [0.29, 0.717) is 64.6 Å². The van der Waals surface area contributed by atoms with Gasteiger partial charge in [-0.05, 0) is 371 Å². The minimum absolute atomic E-state index is 0.0393. The van der Waals surface area contributed by atoms with Crippen molar-refractivity contribution in [3.8, 4) is 23.0 Å². The van der Waals surface area contributed by atoms with E-state index in [1.807, 2.05) is 0 Å². The van der Waals surface area contributed by atoms with Crippen LogP contribution >= 0.6 is 0 Å². The maximum absolute atomic E-state index is 14.7. The molecule has 8 fully saturated rings. The van der Waals surface area contributed by atoms with Crippen LogP contribution < -0.4 is 18.9 Å². The van der Waals surface area contributed by atoms with Crippen molar-refractivity contribution in [2.75, 3.05) is 0 Å². The molecule has 132 heavy (non-hydrogen) atoms. The summed E-state index contributed by atoms with van der Waals surface area (Å²) < 4.78 is 305. The molecule has 8 aliphatic carbocycles. The van der Waals surface area contributed by atoms with Crippen LogP contribution in [0.25, 0.3) is 0 Å². The summed E-state index contributed by atoms with van der Waals surface area (Å²) >= 11 is 0. The largest absolute Gasteiger partial charge is 0.432 e. The molecule has 0 saturated heterocycles. The van der Waals surface area contributed by atoms with Crippen LogP contribution in [0.2, 0.25) is 0 Å². The second-order valence-corrected chi connectivity index (χ2v) is 40.0. The van der Waals surface area contributed by atoms with Gasteiger partial charge in [-0.15, -0.1) is 0 Å². The third-order valence-electron chi connectivity index (χ3n) is 31.0. The summed E-state index contributed by atoms with van der Waals surface area (Å²) in [6.45, 7) is 14.6. The fourth-order valence-electron chi connectivity index (χ4n) is 22.4. The van der Waals surface area contributed by atoms with Crippen LogP contribution in [0.1, 0.15) is 324 Å². The van der Waals surface area contributed by atoms with E-state index in [-0.39, 0.29) is 46.1 Å². The summed E-state index contributed by atoms with van der Waals surface area (Å²) in [5.41, 5.74) is -2.61. The van der Waals surface area contributed by atoms with E-state index in [4.69, 9.17) is 0 Å². The molecule has 0 aliphatic heterocycles. The molecule has 8 aromatic rings. The molecule has 0 atom stereocenters. The minimum Gasteiger partial charge on any atom is -0.429 e. The lowest BCUT2D eigenvalue weighted by atomic mass is 9.68. The Kier molecular flexibility index (Phi) is 33.4. The fraction of sp³-hybridized carbons (Fsp3) is 0.556. The van der Waals surface area contributed by atoms with Crippen LogP contribution in [-0.2, 0) is 24.4 Å². The molecular formula is C108H124F20O4. The topological polar surface area (TPSA) is 36.9 Å². The Morgan fingerprint density at radius 3 is 0.652 bits per heavy atom. The first-order valence-corrected chi connectivity index (χ1v) is 47.8. The maximum atomic E-state index is 14.7. The van der Waals surface area contributed by atoms with Crippen LogP contribution in [0.4, 0.5) is 87.8 Å². The molecule has 0 spiro atoms. The molecule has 0 N–H and O–H groups in total. The van der Waals surface area contributed by atoms with Crippen molar-refractivity contribution in [3.63, 3.8) is 0 Å². The standard InChI is InChI=1S/C27H30F6O.2C27H31F5O.C27H32F4O/c1-15-3-5-17(6-4-15)18-7-9-19(10-8-18)20-11-24(30)26(25(31)12-20)27(32,33)34-21-13-22(28)16(2)23(29)14-21;1-16-3-6-18(7-4-16)19-8-10-20(11-9-19)21-13-24(29)26(25(30)14-21)27(31,32)33-22-12-5-17(2)23(28)15-22;1-16-3-5-18(6-4-16)19-7-9-20(10-8-19)21-11-12-23(26(30)13-21)27(31,32)33-22-14-24(28)17(2)25(29)15-22;1-17-3-6-19(7-4-17)20-8-10-21(11-9-20)22-12-14-24(26(29)15-22)27(30,31)32-23-13-5-18(2)25(28)16-23/h11-15,17-19H,3-10H2,1-2H3;5,12-16,18-20H,3-4,6-11H2,1-2H3;11-16,18-20H,3-10H2,1-2H3;5,12-17,19-21H,3-4,6-11H2,1-2H3. The highest BCUT2D eigenvalue weighted by atomic mass is 19.3. The molecule has 0 amide bonds. The van der Waals surface area contributed by atoms with Gasteiger partial charge in [-0.3, -0.25) is 0 Å². The van der Waals surface area contributed by atoms with E-state index >= 15 is 0 Å². The van der Waals surface area contributed by atoms with Crippen LogP contribution in [0, 0.1) is 169 Å². The number of benzene rings is 8. The molecule has 4 nitrogen and oxygen atoms in total. The van der Waals surface area contributed by atoms with E-state index < -0.39 is 134 Å². The second kappa shape index (κ2) is 43.7. The Bertz CT molecular complexity index is 5070. The number of rotatable bonds is 20. The number of ether oxygens (including phenoxy) is 4. The third kappa shape index (κ3) is 25.4. The van der Waals surface area contributed by atoms with Gasteiger partial charge < -0.3 is 18.9 Å². The number of hydrogen-bond acceptors (Lipinski definition) is 4. The molecule has 0 unspecified atom stereocenters. The quantitative estimate of drug-likeness (QED) is 0.0713. The molecule has 24 heteroatoms. The number of aryl methyl sites for hydroxylation is 2. The zero-order valence-corrected chi connectivity index (χ0v) is 76.6. The summed E-state index contributed by atoms with van der Waals surface area (Å²) in [4.78, 5) is 0. The minimum atomic E-state index is -4.45. The van der Waals surface area contributed by atoms with Crippen molar-refractivity contribution in [1.82, 2.24) is 0 Å². The smallest absolute Gasteiger partial charge is 0.429 e. The predicted octanol–water partition coefficient (Wildman–Crippen LogP) is 34.6. The highest BCUT2D eigenvalue weighted by molar-refractivity contribution is 5.39. The first-order valence-electron chi connectivity index (χ1n) is 47.8. The van der Waals surface area contributed by atoms with E-state index in [1.165, 1.54) is 154 Å². The van der Waals surface area contributed by atoms with Gasteiger partial charge in [-0.2, -0.15) is 35.1 Å². The van der Waals surface area contributed by atoms with E-state index in [9.17, 15) is 87.8 Å². The molecule has 0 radical (unpaired) electrons. The van der Waals surface area contributed by atoms with Gasteiger partial charge in [0, 0.05) is 47.5 Å². The average Bonchev–Trinajstić information content (AvgIpc) is 0.772. The first kappa shape index (κ1) is 101. The molecule has 8 saturated carbocycles. The van der Waals surface area contributed by atoms with Gasteiger partial charge >= 0.3 is 24.4 Å². The number of halogens is 20. The van der Waals surface area contributed by atoms with Gasteiger partial charge in [0.05, 0.1) is 11.1 Å². The van der Waals surface area contributed by atoms with Gasteiger partial charge in [-0.1, -0.05) is 103 Å². The molecule has 0 heterocycles. The van der Waals surface area contributed by atoms with Gasteiger partial charge in [0.1, 0.15) is 104 Å². The van der Waals surface area contributed by atoms with Crippen molar-refractivity contribution >= 4 is 0 Å². The third-order valence-corrected chi connectivity index (χ3v) is 31.0. The normalized spacial score (nSPS) is 26.3. The van der Waals surface area contributed by atoms with Gasteiger partial charge in [0.25, 0.3) is 0 Å². The van der Waals surface area contributed by atoms with E-state index in [2.05, 4.69) is 46.6 Å². The fourth-order valence-corrected chi connectivity index (χ4v) is 22.4. The van der Waals surface area contributed by atoms with E-state index in [0.717, 1.165) is 229 Å². The van der Waals surface area contributed by atoms with E-state index in [1.54, 1.807) is 6.07 Å². The summed E-state index contributed by atoms with van der Waals surface area (Å²) in [6, 6.07) is 20.7. The molecule has 8 aromatic carbocycles. The SMILES string of the molecule is Cc1c(F)cc(OC(F)(F)c2c(F)cc(C3CCC(C4CCC(C)CC4)CC3)cc2F)cc1F.Cc1c(F)cc(OC(F)(F)c2ccc(C3CCC(C4CCC(C)CC4)CC3)cc2F)cc1F.Cc1ccc(OC(F)(F)c2c(F)cc(C3CCC(C4CCC(C)CC4)CC3)cc2F)cc1F.Cc1ccc(OC(F)(F)c2ccc(C3CCC(C4CCC(C)CC4)CC3)cc2F)cc1F. The lowest BCUT2D eigenvalue weighted by Crippen LogP contribution is -2.26. The van der Waals surface area contributed by atoms with Gasteiger partial charge in [-0.25, -0.2) is 52.7 Å². The molecular weight excluding hydrogens is 1740 g/mol. The zero-order valence-electron chi connectivity index (χ0n) is 76.6. The monoisotopic (exact) mass is 1860 g/mol. The maximum Gasteiger partial charge on any atom is 0.432 e. The Balaban J connectivity index is 0.000000150. The average molecular weight is 1870 g/mol. The van der Waals surface area contributed by atoms with Crippen molar-refractivity contribution in [1.29, 1.82) is 0 Å². The van der Waals surface area contributed by atoms with Crippen LogP contribution in [0.3, 0.4) is 0 Å². The molecule has 8 aliphatic rings. The first-order chi connectivity index (χ1) is 62.5. The van der Waals surface area contributed by atoms with Gasteiger partial charge in [0.15, 0.2) is 0 Å². The summed E-state index contributed by atoms with van der Waals surface area (Å²) in [6.07, 6.45) is 19.2. The van der Waals surface area contributed by atoms with Crippen LogP contribution in [0.15, 0.2) is 121 Å².